The van der Waals surface area contributed by atoms with Crippen molar-refractivity contribution in [1.29, 1.82) is 0 Å². The van der Waals surface area contributed by atoms with Crippen LogP contribution in [0.3, 0.4) is 0 Å². The topological polar surface area (TPSA) is 88.1 Å². The van der Waals surface area contributed by atoms with Crippen molar-refractivity contribution < 1.29 is 33.0 Å². The Kier molecular flexibility index (Phi) is 11.8. The van der Waals surface area contributed by atoms with Crippen molar-refractivity contribution in [2.75, 3.05) is 11.9 Å². The van der Waals surface area contributed by atoms with E-state index in [0.717, 1.165) is 15.6 Å². The number of imide groups is 1. The predicted octanol–water partition coefficient (Wildman–Crippen LogP) is 9.18. The summed E-state index contributed by atoms with van der Waals surface area (Å²) >= 11 is 3.56. The Bertz CT molecular complexity index is 1910. The van der Waals surface area contributed by atoms with Crippen LogP contribution in [0.4, 0.5) is 19.3 Å². The summed E-state index contributed by atoms with van der Waals surface area (Å²) in [6.07, 6.45) is -1.18. The Balaban J connectivity index is 1.41. The van der Waals surface area contributed by atoms with E-state index in [9.17, 15) is 23.5 Å². The number of rotatable bonds is 14. The number of nitrogens with zero attached hydrogens (tertiary/aromatic N) is 1. The number of benzene rings is 5. The summed E-state index contributed by atoms with van der Waals surface area (Å²) in [4.78, 5) is 29.4. The van der Waals surface area contributed by atoms with Gasteiger partial charge in [-0.2, -0.15) is 0 Å². The summed E-state index contributed by atoms with van der Waals surface area (Å²) < 4.78 is 40.4. The highest BCUT2D eigenvalue weighted by Crippen LogP contribution is 2.40. The first-order valence-corrected chi connectivity index (χ1v) is 17.5. The molecule has 0 aromatic heterocycles. The maximum Gasteiger partial charge on any atom is 0.416 e. The second-order valence-corrected chi connectivity index (χ2v) is 13.4. The summed E-state index contributed by atoms with van der Waals surface area (Å²) in [5, 5.41) is 14.7. The van der Waals surface area contributed by atoms with Crippen LogP contribution in [0.5, 0.6) is 5.75 Å². The smallest absolute Gasteiger partial charge is 0.416 e. The number of aliphatic hydroxyl groups is 1. The summed E-state index contributed by atoms with van der Waals surface area (Å²) in [7, 11) is 0. The number of carbonyl (C=O) groups excluding carboxylic acids is 2. The maximum atomic E-state index is 14.9. The molecule has 1 aliphatic heterocycles. The molecule has 1 fully saturated rings. The van der Waals surface area contributed by atoms with Crippen molar-refractivity contribution in [1.82, 2.24) is 4.90 Å². The van der Waals surface area contributed by atoms with E-state index in [0.29, 0.717) is 29.0 Å². The molecule has 2 amide bonds. The molecule has 5 aromatic carbocycles. The van der Waals surface area contributed by atoms with Crippen molar-refractivity contribution in [3.8, 4) is 5.75 Å². The van der Waals surface area contributed by atoms with Crippen molar-refractivity contribution in [2.24, 2.45) is 5.92 Å². The molecule has 6 rings (SSSR count). The number of amides is 2. The molecular weight excluding hydrogens is 718 g/mol. The Morgan fingerprint density at radius 3 is 2.16 bits per heavy atom. The van der Waals surface area contributed by atoms with Crippen LogP contribution in [0.2, 0.25) is 0 Å². The third-order valence-electron chi connectivity index (χ3n) is 8.95. The Labute approximate surface area is 304 Å². The summed E-state index contributed by atoms with van der Waals surface area (Å²) in [5.41, 5.74) is 3.50. The lowest BCUT2D eigenvalue weighted by molar-refractivity contribution is -0.134. The fourth-order valence-corrected chi connectivity index (χ4v) is 6.65. The van der Waals surface area contributed by atoms with Crippen LogP contribution in [0.15, 0.2) is 132 Å². The van der Waals surface area contributed by atoms with E-state index in [4.69, 9.17) is 9.47 Å². The molecule has 0 saturated carbocycles. The second kappa shape index (κ2) is 16.8. The van der Waals surface area contributed by atoms with Gasteiger partial charge in [0, 0.05) is 15.7 Å². The van der Waals surface area contributed by atoms with E-state index >= 15 is 0 Å². The van der Waals surface area contributed by atoms with Gasteiger partial charge in [0.15, 0.2) is 0 Å². The molecule has 0 bridgehead atoms. The molecule has 51 heavy (non-hydrogen) atoms. The van der Waals surface area contributed by atoms with Gasteiger partial charge < -0.3 is 19.9 Å². The molecular formula is C41H37BrF2N2O5. The second-order valence-electron chi connectivity index (χ2n) is 12.5. The number of cyclic esters (lactones) is 1. The quantitative estimate of drug-likeness (QED) is 0.118. The minimum absolute atomic E-state index is 0.0319. The van der Waals surface area contributed by atoms with Crippen LogP contribution >= 0.6 is 15.9 Å². The van der Waals surface area contributed by atoms with Crippen molar-refractivity contribution in [3.63, 3.8) is 0 Å². The molecule has 2 N–H and O–H groups in total. The number of aliphatic hydroxyl groups excluding tert-OH is 1. The number of ether oxygens (including phenoxy) is 2. The predicted molar refractivity (Wildman–Crippen MR) is 194 cm³/mol. The number of nitrogens with one attached hydrogen (secondary N) is 1. The number of carbonyl (C=O) groups is 2. The first-order valence-electron chi connectivity index (χ1n) is 16.7. The monoisotopic (exact) mass is 754 g/mol. The third-order valence-corrected chi connectivity index (χ3v) is 9.45. The zero-order chi connectivity index (χ0) is 35.7. The lowest BCUT2D eigenvalue weighted by Gasteiger charge is -2.33. The molecule has 0 radical (unpaired) electrons. The fraction of sp³-hybridized carbons (Fsp3) is 0.220. The Morgan fingerprint density at radius 1 is 0.863 bits per heavy atom. The number of hydrogen-bond donors (Lipinski definition) is 2. The Hall–Kier alpha value is -5.06. The van der Waals surface area contributed by atoms with Gasteiger partial charge in [-0.05, 0) is 84.5 Å². The molecule has 1 saturated heterocycles. The van der Waals surface area contributed by atoms with Crippen LogP contribution in [-0.2, 0) is 22.6 Å². The molecule has 0 aliphatic carbocycles. The van der Waals surface area contributed by atoms with Gasteiger partial charge in [0.05, 0.1) is 24.1 Å². The standard InChI is InChI=1S/C41H37BrF2N2O5/c42-30-13-20-35(38(24-30)50-25-28-9-5-2-6-10-28)39(45-33-18-16-32(44)17-19-33)36(21-22-37(47)29-11-14-31(43)15-12-29)40(48)46-34(26-51-41(46)49)23-27-7-3-1-4-8-27/h1-20,24,34,36-37,39,45,47H,21-23,25-26H2/t34-,36+,37-,39+/m0/s1. The molecule has 7 nitrogen and oxygen atoms in total. The lowest BCUT2D eigenvalue weighted by Crippen LogP contribution is -2.46. The summed E-state index contributed by atoms with van der Waals surface area (Å²) in [6.45, 7) is 0.275. The third kappa shape index (κ3) is 9.19. The molecule has 5 aromatic rings. The molecule has 262 valence electrons. The van der Waals surface area contributed by atoms with Gasteiger partial charge in [-0.3, -0.25) is 4.79 Å². The zero-order valence-corrected chi connectivity index (χ0v) is 29.2. The van der Waals surface area contributed by atoms with Gasteiger partial charge in [-0.15, -0.1) is 0 Å². The maximum absolute atomic E-state index is 14.9. The van der Waals surface area contributed by atoms with Crippen LogP contribution in [-0.4, -0.2) is 34.7 Å². The molecule has 0 unspecified atom stereocenters. The van der Waals surface area contributed by atoms with Crippen molar-refractivity contribution >= 4 is 33.6 Å². The number of halogens is 3. The van der Waals surface area contributed by atoms with Gasteiger partial charge in [0.1, 0.15) is 30.6 Å². The van der Waals surface area contributed by atoms with E-state index in [1.807, 2.05) is 78.9 Å². The van der Waals surface area contributed by atoms with Crippen molar-refractivity contribution in [2.45, 2.75) is 44.1 Å². The lowest BCUT2D eigenvalue weighted by atomic mass is 9.85. The van der Waals surface area contributed by atoms with Crippen LogP contribution in [0.1, 0.15) is 47.2 Å². The fourth-order valence-electron chi connectivity index (χ4n) is 6.31. The van der Waals surface area contributed by atoms with Crippen LogP contribution in [0, 0.1) is 17.6 Å². The average Bonchev–Trinajstić information content (AvgIpc) is 3.51. The number of anilines is 1. The normalized spacial score (nSPS) is 15.9. The largest absolute Gasteiger partial charge is 0.489 e. The van der Waals surface area contributed by atoms with Crippen LogP contribution in [0.25, 0.3) is 0 Å². The summed E-state index contributed by atoms with van der Waals surface area (Å²) in [5.74, 6) is -1.84. The Morgan fingerprint density at radius 2 is 1.49 bits per heavy atom. The summed E-state index contributed by atoms with van der Waals surface area (Å²) in [6, 6.07) is 34.6. The van der Waals surface area contributed by atoms with Gasteiger partial charge in [0.2, 0.25) is 5.91 Å². The molecule has 1 aliphatic rings. The highest BCUT2D eigenvalue weighted by molar-refractivity contribution is 9.10. The van der Waals surface area contributed by atoms with Gasteiger partial charge in [-0.25, -0.2) is 18.5 Å². The van der Waals surface area contributed by atoms with Gasteiger partial charge >= 0.3 is 6.09 Å². The molecule has 0 spiro atoms. The first kappa shape index (κ1) is 35.8. The number of hydrogen-bond acceptors (Lipinski definition) is 6. The van der Waals surface area contributed by atoms with Crippen LogP contribution < -0.4 is 10.1 Å². The van der Waals surface area contributed by atoms with E-state index in [-0.39, 0.29) is 26.1 Å². The minimum atomic E-state index is -1.03. The molecule has 10 heteroatoms. The molecule has 1 heterocycles. The minimum Gasteiger partial charge on any atom is -0.489 e. The average molecular weight is 756 g/mol. The zero-order valence-electron chi connectivity index (χ0n) is 27.6. The van der Waals surface area contributed by atoms with E-state index in [1.165, 1.54) is 41.3 Å². The first-order chi connectivity index (χ1) is 24.7. The van der Waals surface area contributed by atoms with Crippen molar-refractivity contribution in [3.05, 3.63) is 166 Å². The molecule has 4 atom stereocenters. The highest BCUT2D eigenvalue weighted by Gasteiger charge is 2.44. The highest BCUT2D eigenvalue weighted by atomic mass is 79.9. The van der Waals surface area contributed by atoms with E-state index in [1.54, 1.807) is 12.1 Å². The SMILES string of the molecule is O=C1OC[C@H](Cc2ccccc2)N1C(=O)[C@H](CC[C@H](O)c1ccc(F)cc1)[C@H](Nc1ccc(F)cc1)c1ccc(Br)cc1OCc1ccccc1. The van der Waals surface area contributed by atoms with Gasteiger partial charge in [0.25, 0.3) is 0 Å². The van der Waals surface area contributed by atoms with Gasteiger partial charge in [-0.1, -0.05) is 94.8 Å². The van der Waals surface area contributed by atoms with E-state index < -0.39 is 47.7 Å². The van der Waals surface area contributed by atoms with E-state index in [2.05, 4.69) is 21.2 Å².